The van der Waals surface area contributed by atoms with E-state index >= 15 is 0 Å². The average molecular weight is 334 g/mol. The Kier molecular flexibility index (Phi) is 4.39. The summed E-state index contributed by atoms with van der Waals surface area (Å²) >= 11 is 3.47. The fourth-order valence-electron chi connectivity index (χ4n) is 1.86. The summed E-state index contributed by atoms with van der Waals surface area (Å²) in [5.41, 5.74) is 6.96. The fourth-order valence-corrected chi connectivity index (χ4v) is 2.24. The zero-order valence-electron chi connectivity index (χ0n) is 11.4. The zero-order chi connectivity index (χ0) is 14.7. The molecule has 2 aromatic rings. The molecule has 0 amide bonds. The fraction of sp³-hybridized carbons (Fsp3) is 0.200. The predicted molar refractivity (Wildman–Crippen MR) is 83.6 cm³/mol. The van der Waals surface area contributed by atoms with Gasteiger partial charge in [0.25, 0.3) is 0 Å². The van der Waals surface area contributed by atoms with E-state index in [4.69, 9.17) is 15.9 Å². The second kappa shape index (κ2) is 6.05. The summed E-state index contributed by atoms with van der Waals surface area (Å²) in [7, 11) is 0. The minimum atomic E-state index is -0.108. The van der Waals surface area contributed by atoms with Gasteiger partial charge in [0.15, 0.2) is 5.75 Å². The minimum Gasteiger partial charge on any atom is -0.455 e. The number of halogens is 1. The van der Waals surface area contributed by atoms with E-state index < -0.39 is 0 Å². The maximum absolute atomic E-state index is 7.54. The van der Waals surface area contributed by atoms with E-state index in [0.717, 1.165) is 15.8 Å². The quantitative estimate of drug-likeness (QED) is 0.655. The van der Waals surface area contributed by atoms with E-state index in [1.165, 1.54) is 0 Å². The number of rotatable bonds is 4. The molecule has 1 heterocycles. The van der Waals surface area contributed by atoms with Crippen LogP contribution in [0.2, 0.25) is 0 Å². The number of pyridine rings is 1. The number of nitrogens with one attached hydrogen (secondary N) is 1. The molecule has 4 nitrogen and oxygen atoms in total. The average Bonchev–Trinajstić information content (AvgIpc) is 2.41. The molecule has 104 valence electrons. The van der Waals surface area contributed by atoms with Crippen LogP contribution in [0.25, 0.3) is 0 Å². The Bertz CT molecular complexity index is 641. The minimum absolute atomic E-state index is 0.108. The summed E-state index contributed by atoms with van der Waals surface area (Å²) in [6, 6.07) is 9.37. The highest BCUT2D eigenvalue weighted by Crippen LogP contribution is 2.33. The van der Waals surface area contributed by atoms with Crippen molar-refractivity contribution >= 4 is 21.8 Å². The number of benzene rings is 1. The van der Waals surface area contributed by atoms with Crippen molar-refractivity contribution in [3.63, 3.8) is 0 Å². The lowest BCUT2D eigenvalue weighted by Crippen LogP contribution is -2.14. The molecule has 0 atom stereocenters. The van der Waals surface area contributed by atoms with Crippen LogP contribution in [-0.4, -0.2) is 10.8 Å². The Balaban J connectivity index is 2.43. The SMILES string of the molecule is CC(C)c1cc(Br)ccc1Oc1cccnc1C(=N)N. The highest BCUT2D eigenvalue weighted by atomic mass is 79.9. The van der Waals surface area contributed by atoms with Crippen molar-refractivity contribution in [3.05, 3.63) is 52.3 Å². The van der Waals surface area contributed by atoms with Gasteiger partial charge in [-0.05, 0) is 41.8 Å². The lowest BCUT2D eigenvalue weighted by atomic mass is 10.0. The summed E-state index contributed by atoms with van der Waals surface area (Å²) in [5.74, 6) is 1.45. The molecule has 0 aliphatic heterocycles. The van der Waals surface area contributed by atoms with Crippen molar-refractivity contribution < 1.29 is 4.74 Å². The van der Waals surface area contributed by atoms with Gasteiger partial charge in [-0.3, -0.25) is 5.41 Å². The number of hydrogen-bond acceptors (Lipinski definition) is 3. The molecule has 3 N–H and O–H groups in total. The van der Waals surface area contributed by atoms with Gasteiger partial charge < -0.3 is 10.5 Å². The van der Waals surface area contributed by atoms with Gasteiger partial charge in [0.2, 0.25) is 0 Å². The van der Waals surface area contributed by atoms with Gasteiger partial charge in [-0.2, -0.15) is 0 Å². The number of nitrogen functional groups attached to an aromatic ring is 1. The van der Waals surface area contributed by atoms with Gasteiger partial charge in [0, 0.05) is 10.7 Å². The topological polar surface area (TPSA) is 72.0 Å². The van der Waals surface area contributed by atoms with Gasteiger partial charge in [-0.1, -0.05) is 29.8 Å². The molecule has 1 aromatic heterocycles. The number of aromatic nitrogens is 1. The predicted octanol–water partition coefficient (Wildman–Crippen LogP) is 4.04. The first-order chi connectivity index (χ1) is 9.49. The van der Waals surface area contributed by atoms with E-state index in [9.17, 15) is 0 Å². The Labute approximate surface area is 126 Å². The molecule has 20 heavy (non-hydrogen) atoms. The van der Waals surface area contributed by atoms with Crippen LogP contribution in [0, 0.1) is 5.41 Å². The van der Waals surface area contributed by atoms with Crippen LogP contribution in [0.5, 0.6) is 11.5 Å². The van der Waals surface area contributed by atoms with E-state index in [0.29, 0.717) is 17.4 Å². The molecule has 0 bridgehead atoms. The molecule has 0 spiro atoms. The molecule has 2 rings (SSSR count). The number of nitrogens with zero attached hydrogens (tertiary/aromatic N) is 1. The van der Waals surface area contributed by atoms with Gasteiger partial charge in [-0.25, -0.2) is 4.98 Å². The molecule has 5 heteroatoms. The zero-order valence-corrected chi connectivity index (χ0v) is 12.9. The largest absolute Gasteiger partial charge is 0.455 e. The Hall–Kier alpha value is -1.88. The van der Waals surface area contributed by atoms with Gasteiger partial charge in [0.1, 0.15) is 17.3 Å². The summed E-state index contributed by atoms with van der Waals surface area (Å²) < 4.78 is 6.92. The molecule has 1 aromatic carbocycles. The maximum atomic E-state index is 7.54. The normalized spacial score (nSPS) is 10.6. The van der Waals surface area contributed by atoms with Crippen LogP contribution in [0.15, 0.2) is 41.0 Å². The number of amidine groups is 1. The van der Waals surface area contributed by atoms with Crippen molar-refractivity contribution in [2.75, 3.05) is 0 Å². The van der Waals surface area contributed by atoms with Crippen LogP contribution in [0.3, 0.4) is 0 Å². The number of ether oxygens (including phenoxy) is 1. The number of nitrogens with two attached hydrogens (primary N) is 1. The molecule has 0 saturated carbocycles. The summed E-state index contributed by atoms with van der Waals surface area (Å²) in [6.45, 7) is 4.20. The van der Waals surface area contributed by atoms with Crippen molar-refractivity contribution in [2.45, 2.75) is 19.8 Å². The van der Waals surface area contributed by atoms with Crippen molar-refractivity contribution in [1.82, 2.24) is 4.98 Å². The van der Waals surface area contributed by atoms with E-state index in [1.807, 2.05) is 18.2 Å². The summed E-state index contributed by atoms with van der Waals surface area (Å²) in [5, 5.41) is 7.54. The first kappa shape index (κ1) is 14.5. The lowest BCUT2D eigenvalue weighted by Gasteiger charge is -2.15. The van der Waals surface area contributed by atoms with Gasteiger partial charge >= 0.3 is 0 Å². The van der Waals surface area contributed by atoms with Crippen LogP contribution in [0.1, 0.15) is 31.0 Å². The van der Waals surface area contributed by atoms with E-state index in [1.54, 1.807) is 18.3 Å². The van der Waals surface area contributed by atoms with E-state index in [-0.39, 0.29) is 5.84 Å². The van der Waals surface area contributed by atoms with Crippen molar-refractivity contribution in [2.24, 2.45) is 5.73 Å². The maximum Gasteiger partial charge on any atom is 0.156 e. The Morgan fingerprint density at radius 1 is 1.30 bits per heavy atom. The van der Waals surface area contributed by atoms with Crippen LogP contribution >= 0.6 is 15.9 Å². The monoisotopic (exact) mass is 333 g/mol. The molecule has 0 unspecified atom stereocenters. The lowest BCUT2D eigenvalue weighted by molar-refractivity contribution is 0.469. The Morgan fingerprint density at radius 3 is 2.70 bits per heavy atom. The standard InChI is InChI=1S/C15H16BrN3O/c1-9(2)11-8-10(16)5-6-12(11)20-13-4-3-7-19-14(13)15(17)18/h3-9H,1-2H3,(H3,17,18). The third-order valence-corrected chi connectivity index (χ3v) is 3.33. The highest BCUT2D eigenvalue weighted by molar-refractivity contribution is 9.10. The first-order valence-corrected chi connectivity index (χ1v) is 7.05. The van der Waals surface area contributed by atoms with Crippen LogP contribution < -0.4 is 10.5 Å². The Morgan fingerprint density at radius 2 is 2.05 bits per heavy atom. The van der Waals surface area contributed by atoms with Crippen molar-refractivity contribution in [1.29, 1.82) is 5.41 Å². The second-order valence-electron chi connectivity index (χ2n) is 4.70. The van der Waals surface area contributed by atoms with Crippen LogP contribution in [-0.2, 0) is 0 Å². The van der Waals surface area contributed by atoms with Crippen molar-refractivity contribution in [3.8, 4) is 11.5 Å². The second-order valence-corrected chi connectivity index (χ2v) is 5.62. The molecule has 0 saturated heterocycles. The molecular formula is C15H16BrN3O. The van der Waals surface area contributed by atoms with E-state index in [2.05, 4.69) is 34.8 Å². The van der Waals surface area contributed by atoms with Gasteiger partial charge in [-0.15, -0.1) is 0 Å². The highest BCUT2D eigenvalue weighted by Gasteiger charge is 2.13. The molecular weight excluding hydrogens is 318 g/mol. The molecule has 0 radical (unpaired) electrons. The van der Waals surface area contributed by atoms with Crippen LogP contribution in [0.4, 0.5) is 0 Å². The smallest absolute Gasteiger partial charge is 0.156 e. The number of hydrogen-bond donors (Lipinski definition) is 2. The third kappa shape index (κ3) is 3.17. The molecule has 0 fully saturated rings. The summed E-state index contributed by atoms with van der Waals surface area (Å²) in [6.07, 6.45) is 1.59. The first-order valence-electron chi connectivity index (χ1n) is 6.25. The van der Waals surface area contributed by atoms with Gasteiger partial charge in [0.05, 0.1) is 0 Å². The third-order valence-electron chi connectivity index (χ3n) is 2.84. The summed E-state index contributed by atoms with van der Waals surface area (Å²) in [4.78, 5) is 4.08. The molecule has 0 aliphatic carbocycles. The molecule has 0 aliphatic rings.